The van der Waals surface area contributed by atoms with Crippen molar-refractivity contribution >= 4 is 17.5 Å². The molecule has 0 saturated carbocycles. The zero-order valence-corrected chi connectivity index (χ0v) is 21.9. The Hall–Kier alpha value is -3.43. The molecule has 2 heterocycles. The first-order chi connectivity index (χ1) is 18.0. The van der Waals surface area contributed by atoms with E-state index in [2.05, 4.69) is 4.90 Å². The summed E-state index contributed by atoms with van der Waals surface area (Å²) >= 11 is 0. The van der Waals surface area contributed by atoms with Gasteiger partial charge >= 0.3 is 0 Å². The second-order valence-corrected chi connectivity index (χ2v) is 9.10. The fourth-order valence-corrected chi connectivity index (χ4v) is 4.74. The third-order valence-electron chi connectivity index (χ3n) is 6.84. The minimum atomic E-state index is -0.345. The van der Waals surface area contributed by atoms with E-state index in [1.807, 2.05) is 55.5 Å². The van der Waals surface area contributed by atoms with Crippen LogP contribution < -0.4 is 9.47 Å². The smallest absolute Gasteiger partial charge is 0.262 e. The van der Waals surface area contributed by atoms with E-state index in [9.17, 15) is 9.59 Å². The third-order valence-corrected chi connectivity index (χ3v) is 6.84. The molecular formula is C28H36N4O5. The number of hydrogen-bond donors (Lipinski definition) is 0. The molecule has 0 aliphatic carbocycles. The minimum Gasteiger partial charge on any atom is -0.497 e. The third kappa shape index (κ3) is 6.47. The lowest BCUT2D eigenvalue weighted by Crippen LogP contribution is -2.46. The fraction of sp³-hybridized carbons (Fsp3) is 0.464. The largest absolute Gasteiger partial charge is 0.497 e. The average molecular weight is 509 g/mol. The molecule has 1 saturated heterocycles. The Labute approximate surface area is 218 Å². The summed E-state index contributed by atoms with van der Waals surface area (Å²) in [4.78, 5) is 30.4. The van der Waals surface area contributed by atoms with Gasteiger partial charge in [-0.3, -0.25) is 14.5 Å². The lowest BCUT2D eigenvalue weighted by atomic mass is 9.97. The van der Waals surface area contributed by atoms with E-state index in [0.717, 1.165) is 35.7 Å². The molecule has 198 valence electrons. The Morgan fingerprint density at radius 1 is 1.08 bits per heavy atom. The number of rotatable bonds is 10. The highest BCUT2D eigenvalue weighted by molar-refractivity contribution is 6.03. The van der Waals surface area contributed by atoms with Gasteiger partial charge in [-0.15, -0.1) is 0 Å². The van der Waals surface area contributed by atoms with E-state index >= 15 is 0 Å². The summed E-state index contributed by atoms with van der Waals surface area (Å²) in [6.07, 6.45) is 0.861. The second kappa shape index (κ2) is 12.7. The zero-order valence-electron chi connectivity index (χ0n) is 21.9. The van der Waals surface area contributed by atoms with Gasteiger partial charge in [-0.05, 0) is 18.2 Å². The fourth-order valence-electron chi connectivity index (χ4n) is 4.74. The molecule has 1 fully saturated rings. The maximum absolute atomic E-state index is 13.7. The molecule has 2 aromatic rings. The molecule has 37 heavy (non-hydrogen) atoms. The monoisotopic (exact) mass is 508 g/mol. The first kappa shape index (κ1) is 26.6. The van der Waals surface area contributed by atoms with Gasteiger partial charge in [0, 0.05) is 50.1 Å². The standard InChI is InChI=1S/C28H36N4O5/c1-4-27(33)31(13-12-30-14-16-37-17-15-30)20-28(34)32-25(23-10-5-6-11-26(23)36-3)19-24(29-32)21-8-7-9-22(18-21)35-2/h5-11,18,25H,4,12-17,19-20H2,1-3H3/t25-/m0/s1. The van der Waals surface area contributed by atoms with Gasteiger partial charge in [0.1, 0.15) is 18.0 Å². The number of ether oxygens (including phenoxy) is 3. The maximum Gasteiger partial charge on any atom is 0.262 e. The van der Waals surface area contributed by atoms with E-state index in [-0.39, 0.29) is 24.4 Å². The summed E-state index contributed by atoms with van der Waals surface area (Å²) in [5, 5.41) is 6.30. The number of hydrazone groups is 1. The van der Waals surface area contributed by atoms with Crippen molar-refractivity contribution in [1.29, 1.82) is 0 Å². The van der Waals surface area contributed by atoms with Crippen LogP contribution in [0, 0.1) is 0 Å². The predicted octanol–water partition coefficient (Wildman–Crippen LogP) is 2.95. The van der Waals surface area contributed by atoms with Crippen molar-refractivity contribution in [1.82, 2.24) is 14.8 Å². The maximum atomic E-state index is 13.7. The van der Waals surface area contributed by atoms with Crippen LogP contribution in [0.25, 0.3) is 0 Å². The van der Waals surface area contributed by atoms with Crippen molar-refractivity contribution in [3.63, 3.8) is 0 Å². The highest BCUT2D eigenvalue weighted by Crippen LogP contribution is 2.37. The normalized spacial score (nSPS) is 17.9. The van der Waals surface area contributed by atoms with E-state index < -0.39 is 0 Å². The predicted molar refractivity (Wildman–Crippen MR) is 141 cm³/mol. The molecule has 2 aliphatic heterocycles. The van der Waals surface area contributed by atoms with Gasteiger partial charge in [-0.1, -0.05) is 37.3 Å². The number of carbonyl (C=O) groups excluding carboxylic acids is 2. The van der Waals surface area contributed by atoms with E-state index in [0.29, 0.717) is 44.9 Å². The molecule has 0 N–H and O–H groups in total. The number of amides is 2. The summed E-state index contributed by atoms with van der Waals surface area (Å²) in [7, 11) is 3.25. The minimum absolute atomic E-state index is 0.0302. The van der Waals surface area contributed by atoms with E-state index in [1.54, 1.807) is 19.1 Å². The molecule has 0 aromatic heterocycles. The molecule has 0 spiro atoms. The molecule has 2 aromatic carbocycles. The van der Waals surface area contributed by atoms with Gasteiger partial charge in [0.2, 0.25) is 5.91 Å². The van der Waals surface area contributed by atoms with Gasteiger partial charge < -0.3 is 19.1 Å². The number of benzene rings is 2. The number of methoxy groups -OCH3 is 2. The van der Waals surface area contributed by atoms with Crippen molar-refractivity contribution in [3.05, 3.63) is 59.7 Å². The van der Waals surface area contributed by atoms with Gasteiger partial charge in [0.25, 0.3) is 5.91 Å². The van der Waals surface area contributed by atoms with Crippen molar-refractivity contribution in [2.75, 3.05) is 60.2 Å². The van der Waals surface area contributed by atoms with Crippen LogP contribution in [0.4, 0.5) is 0 Å². The number of para-hydroxylation sites is 1. The first-order valence-electron chi connectivity index (χ1n) is 12.8. The van der Waals surface area contributed by atoms with Crippen molar-refractivity contribution in [2.24, 2.45) is 5.10 Å². The van der Waals surface area contributed by atoms with Gasteiger partial charge in [0.15, 0.2) is 0 Å². The Kier molecular flexibility index (Phi) is 9.14. The lowest BCUT2D eigenvalue weighted by molar-refractivity contribution is -0.141. The van der Waals surface area contributed by atoms with Crippen LogP contribution in [0.2, 0.25) is 0 Å². The topological polar surface area (TPSA) is 83.9 Å². The number of morpholine rings is 1. The molecule has 0 bridgehead atoms. The summed E-state index contributed by atoms with van der Waals surface area (Å²) in [6.45, 7) is 6.03. The molecule has 9 nitrogen and oxygen atoms in total. The van der Waals surface area contributed by atoms with Crippen LogP contribution in [0.1, 0.15) is 36.9 Å². The van der Waals surface area contributed by atoms with Crippen LogP contribution in [0.5, 0.6) is 11.5 Å². The number of nitrogens with zero attached hydrogens (tertiary/aromatic N) is 4. The lowest BCUT2D eigenvalue weighted by Gasteiger charge is -2.31. The van der Waals surface area contributed by atoms with Crippen molar-refractivity contribution in [2.45, 2.75) is 25.8 Å². The SMILES string of the molecule is CCC(=O)N(CCN1CCOCC1)CC(=O)N1N=C(c2cccc(OC)c2)C[C@H]1c1ccccc1OC. The van der Waals surface area contributed by atoms with Gasteiger partial charge in [-0.2, -0.15) is 5.10 Å². The molecule has 9 heteroatoms. The zero-order chi connectivity index (χ0) is 26.2. The Balaban J connectivity index is 1.59. The highest BCUT2D eigenvalue weighted by Gasteiger charge is 2.36. The molecule has 2 aliphatic rings. The molecule has 0 unspecified atom stereocenters. The van der Waals surface area contributed by atoms with E-state index in [4.69, 9.17) is 19.3 Å². The first-order valence-corrected chi connectivity index (χ1v) is 12.8. The quantitative estimate of drug-likeness (QED) is 0.491. The summed E-state index contributed by atoms with van der Waals surface area (Å²) < 4.78 is 16.4. The number of carbonyl (C=O) groups is 2. The van der Waals surface area contributed by atoms with Gasteiger partial charge in [-0.25, -0.2) is 5.01 Å². The number of hydrogen-bond acceptors (Lipinski definition) is 7. The summed E-state index contributed by atoms with van der Waals surface area (Å²) in [5.74, 6) is 1.15. The molecule has 2 amide bonds. The van der Waals surface area contributed by atoms with Crippen LogP contribution >= 0.6 is 0 Å². The Morgan fingerprint density at radius 2 is 1.86 bits per heavy atom. The van der Waals surface area contributed by atoms with Crippen molar-refractivity contribution < 1.29 is 23.8 Å². The molecular weight excluding hydrogens is 472 g/mol. The van der Waals surface area contributed by atoms with Crippen LogP contribution in [-0.2, 0) is 14.3 Å². The highest BCUT2D eigenvalue weighted by atomic mass is 16.5. The Bertz CT molecular complexity index is 1120. The molecule has 1 atom stereocenters. The van der Waals surface area contributed by atoms with Crippen LogP contribution in [0.3, 0.4) is 0 Å². The summed E-state index contributed by atoms with van der Waals surface area (Å²) in [5.41, 5.74) is 2.55. The molecule has 4 rings (SSSR count). The average Bonchev–Trinajstić information content (AvgIpc) is 3.41. The van der Waals surface area contributed by atoms with Gasteiger partial charge in [0.05, 0.1) is 39.2 Å². The van der Waals surface area contributed by atoms with Crippen molar-refractivity contribution in [3.8, 4) is 11.5 Å². The van der Waals surface area contributed by atoms with E-state index in [1.165, 1.54) is 5.01 Å². The Morgan fingerprint density at radius 3 is 2.59 bits per heavy atom. The summed E-state index contributed by atoms with van der Waals surface area (Å²) in [6, 6.07) is 15.0. The van der Waals surface area contributed by atoms with Crippen LogP contribution in [0.15, 0.2) is 53.6 Å². The van der Waals surface area contributed by atoms with Crippen LogP contribution in [-0.4, -0.2) is 92.5 Å². The molecule has 0 radical (unpaired) electrons. The second-order valence-electron chi connectivity index (χ2n) is 9.10.